The number of hydrogen-bond donors (Lipinski definition) is 2. The second-order valence-electron chi connectivity index (χ2n) is 4.76. The van der Waals surface area contributed by atoms with Crippen molar-refractivity contribution in [2.45, 2.75) is 6.23 Å². The molecular weight excluding hydrogens is 320 g/mol. The molecule has 0 aliphatic carbocycles. The monoisotopic (exact) mass is 330 g/mol. The fourth-order valence-electron chi connectivity index (χ4n) is 2.01. The van der Waals surface area contributed by atoms with Crippen LogP contribution in [0.2, 0.25) is 0 Å². The lowest BCUT2D eigenvalue weighted by Crippen LogP contribution is -2.30. The zero-order valence-corrected chi connectivity index (χ0v) is 11.9. The van der Waals surface area contributed by atoms with Crippen molar-refractivity contribution in [3.63, 3.8) is 0 Å². The van der Waals surface area contributed by atoms with E-state index in [0.29, 0.717) is 16.3 Å². The van der Waals surface area contributed by atoms with Gasteiger partial charge in [0, 0.05) is 17.7 Å². The van der Waals surface area contributed by atoms with Gasteiger partial charge in [-0.15, -0.1) is 0 Å². The maximum absolute atomic E-state index is 11.4. The van der Waals surface area contributed by atoms with Crippen LogP contribution in [0.3, 0.4) is 0 Å². The van der Waals surface area contributed by atoms with Gasteiger partial charge in [0.25, 0.3) is 11.6 Å². The number of nitrogens with one attached hydrogen (secondary N) is 1. The van der Waals surface area contributed by atoms with Crippen LogP contribution < -0.4 is 5.32 Å². The van der Waals surface area contributed by atoms with Crippen molar-refractivity contribution < 1.29 is 24.0 Å². The zero-order chi connectivity index (χ0) is 17.3. The summed E-state index contributed by atoms with van der Waals surface area (Å²) in [7, 11) is 0. The number of carbonyl (C=O) groups excluding carboxylic acids is 2. The molecule has 1 aromatic carbocycles. The van der Waals surface area contributed by atoms with E-state index in [9.17, 15) is 24.8 Å². The van der Waals surface area contributed by atoms with E-state index in [4.69, 9.17) is 4.42 Å². The van der Waals surface area contributed by atoms with E-state index < -0.39 is 23.1 Å². The topological polar surface area (TPSA) is 138 Å². The van der Waals surface area contributed by atoms with E-state index in [2.05, 4.69) is 5.10 Å². The number of non-ortho nitro benzene ring substituents is 1. The second-order valence-corrected chi connectivity index (χ2v) is 4.76. The van der Waals surface area contributed by atoms with Gasteiger partial charge in [-0.2, -0.15) is 10.1 Å². The molecule has 10 nitrogen and oxygen atoms in total. The van der Waals surface area contributed by atoms with Crippen LogP contribution in [0.5, 0.6) is 0 Å². The number of imide groups is 1. The quantitative estimate of drug-likeness (QED) is 0.372. The second kappa shape index (κ2) is 5.93. The van der Waals surface area contributed by atoms with Crippen molar-refractivity contribution in [1.82, 2.24) is 10.3 Å². The Balaban J connectivity index is 1.76. The number of urea groups is 1. The third-order valence-electron chi connectivity index (χ3n) is 3.20. The first kappa shape index (κ1) is 15.4. The zero-order valence-electron chi connectivity index (χ0n) is 11.9. The van der Waals surface area contributed by atoms with E-state index in [1.54, 1.807) is 12.1 Å². The third-order valence-corrected chi connectivity index (χ3v) is 3.20. The Hall–Kier alpha value is -3.53. The van der Waals surface area contributed by atoms with Crippen LogP contribution >= 0.6 is 0 Å². The third kappa shape index (κ3) is 2.85. The first-order chi connectivity index (χ1) is 11.5. The molecule has 2 aromatic rings. The van der Waals surface area contributed by atoms with Gasteiger partial charge in [-0.3, -0.25) is 20.2 Å². The largest absolute Gasteiger partial charge is 0.455 e. The van der Waals surface area contributed by atoms with Gasteiger partial charge in [0.15, 0.2) is 0 Å². The Kier molecular flexibility index (Phi) is 3.80. The fraction of sp³-hybridized carbons (Fsp3) is 0.0714. The molecule has 0 bridgehead atoms. The average molecular weight is 330 g/mol. The Morgan fingerprint density at radius 2 is 1.96 bits per heavy atom. The molecule has 3 amide bonds. The highest BCUT2D eigenvalue weighted by molar-refractivity contribution is 6.03. The van der Waals surface area contributed by atoms with Gasteiger partial charge in [0.05, 0.1) is 11.1 Å². The van der Waals surface area contributed by atoms with E-state index in [0.717, 1.165) is 6.21 Å². The summed E-state index contributed by atoms with van der Waals surface area (Å²) < 4.78 is 5.48. The van der Waals surface area contributed by atoms with Gasteiger partial charge < -0.3 is 9.52 Å². The molecule has 0 saturated carbocycles. The minimum absolute atomic E-state index is 0.0363. The fourth-order valence-corrected chi connectivity index (χ4v) is 2.01. The number of rotatable bonds is 4. The lowest BCUT2D eigenvalue weighted by Gasteiger charge is -2.08. The number of furan rings is 1. The molecule has 0 radical (unpaired) electrons. The predicted molar refractivity (Wildman–Crippen MR) is 79.8 cm³/mol. The van der Waals surface area contributed by atoms with Crippen LogP contribution in [0.25, 0.3) is 11.3 Å². The molecule has 1 aliphatic heterocycles. The molecule has 1 fully saturated rings. The molecule has 1 saturated heterocycles. The van der Waals surface area contributed by atoms with E-state index in [-0.39, 0.29) is 11.4 Å². The van der Waals surface area contributed by atoms with E-state index >= 15 is 0 Å². The van der Waals surface area contributed by atoms with Crippen molar-refractivity contribution >= 4 is 23.8 Å². The maximum Gasteiger partial charge on any atom is 0.347 e. The van der Waals surface area contributed by atoms with Crippen molar-refractivity contribution in [2.24, 2.45) is 5.10 Å². The Labute approximate surface area is 134 Å². The lowest BCUT2D eigenvalue weighted by atomic mass is 10.1. The summed E-state index contributed by atoms with van der Waals surface area (Å²) in [6, 6.07) is 8.11. The van der Waals surface area contributed by atoms with Gasteiger partial charge >= 0.3 is 6.03 Å². The number of benzene rings is 1. The summed E-state index contributed by atoms with van der Waals surface area (Å²) >= 11 is 0. The number of carbonyl (C=O) groups is 2. The Morgan fingerprint density at radius 1 is 1.25 bits per heavy atom. The van der Waals surface area contributed by atoms with Crippen molar-refractivity contribution in [3.05, 3.63) is 52.3 Å². The summed E-state index contributed by atoms with van der Waals surface area (Å²) in [5, 5.41) is 26.2. The maximum atomic E-state index is 11.4. The first-order valence-corrected chi connectivity index (χ1v) is 6.66. The molecule has 122 valence electrons. The minimum Gasteiger partial charge on any atom is -0.455 e. The Morgan fingerprint density at radius 3 is 2.54 bits per heavy atom. The molecule has 1 aliphatic rings. The molecule has 2 N–H and O–H groups in total. The molecule has 24 heavy (non-hydrogen) atoms. The van der Waals surface area contributed by atoms with Gasteiger partial charge in [-0.25, -0.2) is 4.79 Å². The van der Waals surface area contributed by atoms with Crippen molar-refractivity contribution in [1.29, 1.82) is 0 Å². The molecule has 10 heteroatoms. The highest BCUT2D eigenvalue weighted by Gasteiger charge is 2.37. The molecule has 1 atom stereocenters. The SMILES string of the molecule is O=C1NC(=O)N(/N=C\c2ccc(-c3ccc([N+](=O)[O-])cc3)o2)[C@@H]1O. The van der Waals surface area contributed by atoms with Crippen LogP contribution in [0.15, 0.2) is 45.9 Å². The number of hydrazone groups is 1. The number of hydrogen-bond acceptors (Lipinski definition) is 7. The molecule has 1 aromatic heterocycles. The summed E-state index contributed by atoms with van der Waals surface area (Å²) in [6.07, 6.45) is -0.520. The molecule has 3 rings (SSSR count). The summed E-state index contributed by atoms with van der Waals surface area (Å²) in [5.74, 6) is -0.153. The van der Waals surface area contributed by atoms with Crippen LogP contribution in [-0.4, -0.2) is 39.4 Å². The smallest absolute Gasteiger partial charge is 0.347 e. The van der Waals surface area contributed by atoms with Crippen LogP contribution in [0.1, 0.15) is 5.76 Å². The number of amides is 3. The standard InChI is InChI=1S/C14H10N4O6/c19-12-13(20)17(14(21)16-12)15-7-10-5-6-11(24-10)8-1-3-9(4-2-8)18(22)23/h1-7,13,20H,(H,16,19,21)/b15-7-/t13-/m1/s1. The van der Waals surface area contributed by atoms with E-state index in [1.165, 1.54) is 24.3 Å². The molecule has 0 spiro atoms. The van der Waals surface area contributed by atoms with Crippen LogP contribution in [0.4, 0.5) is 10.5 Å². The average Bonchev–Trinajstić information content (AvgIpc) is 3.12. The number of aliphatic hydroxyl groups is 1. The highest BCUT2D eigenvalue weighted by atomic mass is 16.6. The normalized spacial score (nSPS) is 17.5. The highest BCUT2D eigenvalue weighted by Crippen LogP contribution is 2.24. The summed E-state index contributed by atoms with van der Waals surface area (Å²) in [4.78, 5) is 32.6. The van der Waals surface area contributed by atoms with Crippen LogP contribution in [-0.2, 0) is 4.79 Å². The molecule has 0 unspecified atom stereocenters. The lowest BCUT2D eigenvalue weighted by molar-refractivity contribution is -0.384. The van der Waals surface area contributed by atoms with Gasteiger partial charge in [-0.05, 0) is 24.3 Å². The van der Waals surface area contributed by atoms with Crippen LogP contribution in [0, 0.1) is 10.1 Å². The van der Waals surface area contributed by atoms with Crippen molar-refractivity contribution in [3.8, 4) is 11.3 Å². The van der Waals surface area contributed by atoms with Gasteiger partial charge in [-0.1, -0.05) is 0 Å². The number of nitro benzene ring substituents is 1. The molecule has 2 heterocycles. The number of nitro groups is 1. The Bertz CT molecular complexity index is 841. The van der Waals surface area contributed by atoms with Crippen molar-refractivity contribution in [2.75, 3.05) is 0 Å². The first-order valence-electron chi connectivity index (χ1n) is 6.66. The summed E-state index contributed by atoms with van der Waals surface area (Å²) in [5.41, 5.74) is 0.583. The van der Waals surface area contributed by atoms with Gasteiger partial charge in [0.1, 0.15) is 11.5 Å². The number of nitrogens with zero attached hydrogens (tertiary/aromatic N) is 3. The van der Waals surface area contributed by atoms with Gasteiger partial charge in [0.2, 0.25) is 6.23 Å². The summed E-state index contributed by atoms with van der Waals surface area (Å²) in [6.45, 7) is 0. The minimum atomic E-state index is -1.68. The van der Waals surface area contributed by atoms with E-state index in [1.807, 2.05) is 5.32 Å². The molecular formula is C14H10N4O6. The number of aliphatic hydroxyl groups excluding tert-OH is 1. The predicted octanol–water partition coefficient (Wildman–Crippen LogP) is 1.06.